The van der Waals surface area contributed by atoms with Gasteiger partial charge in [0.2, 0.25) is 0 Å². The topological polar surface area (TPSA) is 85.7 Å². The number of hydrogen-bond acceptors (Lipinski definition) is 5. The molecule has 2 amide bonds. The molecule has 0 radical (unpaired) electrons. The van der Waals surface area contributed by atoms with Crippen LogP contribution < -0.4 is 14.8 Å². The lowest BCUT2D eigenvalue weighted by Crippen LogP contribution is -2.27. The molecule has 1 aliphatic heterocycles. The summed E-state index contributed by atoms with van der Waals surface area (Å²) < 4.78 is 12.5. The molecule has 0 bridgehead atoms. The van der Waals surface area contributed by atoms with Crippen molar-refractivity contribution in [2.24, 2.45) is 0 Å². The third-order valence-corrected chi connectivity index (χ3v) is 6.41. The normalized spacial score (nSPS) is 12.9. The van der Waals surface area contributed by atoms with Crippen molar-refractivity contribution in [1.82, 2.24) is 14.7 Å². The molecule has 8 nitrogen and oxygen atoms in total. The molecule has 1 N–H and O–H groups in total. The fourth-order valence-electron chi connectivity index (χ4n) is 4.49. The number of rotatable bonds is 7. The monoisotopic (exact) mass is 496 g/mol. The van der Waals surface area contributed by atoms with Crippen LogP contribution >= 0.6 is 0 Å². The Bertz CT molecular complexity index is 1430. The van der Waals surface area contributed by atoms with Crippen molar-refractivity contribution in [3.8, 4) is 28.3 Å². The van der Waals surface area contributed by atoms with Crippen molar-refractivity contribution in [1.29, 1.82) is 0 Å². The molecule has 4 aromatic rings. The van der Waals surface area contributed by atoms with Crippen molar-refractivity contribution >= 4 is 17.5 Å². The van der Waals surface area contributed by atoms with Gasteiger partial charge in [-0.25, -0.2) is 4.68 Å². The minimum absolute atomic E-state index is 0.0204. The number of amides is 2. The summed E-state index contributed by atoms with van der Waals surface area (Å²) in [4.78, 5) is 28.2. The van der Waals surface area contributed by atoms with Gasteiger partial charge in [0.25, 0.3) is 11.8 Å². The molecule has 0 unspecified atom stereocenters. The molecule has 37 heavy (non-hydrogen) atoms. The largest absolute Gasteiger partial charge is 0.493 e. The summed E-state index contributed by atoms with van der Waals surface area (Å²) in [6.07, 6.45) is 3.86. The van der Waals surface area contributed by atoms with Crippen molar-refractivity contribution in [2.45, 2.75) is 12.8 Å². The molecule has 0 aliphatic carbocycles. The second-order valence-corrected chi connectivity index (χ2v) is 8.78. The van der Waals surface area contributed by atoms with Crippen LogP contribution in [0, 0.1) is 0 Å². The van der Waals surface area contributed by atoms with Crippen LogP contribution in [-0.2, 0) is 0 Å². The zero-order chi connectivity index (χ0) is 25.8. The highest BCUT2D eigenvalue weighted by Crippen LogP contribution is 2.34. The van der Waals surface area contributed by atoms with Gasteiger partial charge in [0.15, 0.2) is 17.2 Å². The molecule has 0 saturated carbocycles. The zero-order valence-electron chi connectivity index (χ0n) is 20.8. The molecule has 0 spiro atoms. The highest BCUT2D eigenvalue weighted by molar-refractivity contribution is 6.08. The van der Waals surface area contributed by atoms with Crippen molar-refractivity contribution in [3.63, 3.8) is 0 Å². The molecule has 1 saturated heterocycles. The highest BCUT2D eigenvalue weighted by atomic mass is 16.5. The number of carbonyl (C=O) groups excluding carboxylic acids is 2. The van der Waals surface area contributed by atoms with Crippen molar-refractivity contribution in [3.05, 3.63) is 90.3 Å². The fourth-order valence-corrected chi connectivity index (χ4v) is 4.49. The Kier molecular flexibility index (Phi) is 6.89. The number of hydrogen-bond donors (Lipinski definition) is 1. The first-order valence-electron chi connectivity index (χ1n) is 12.2. The quantitative estimate of drug-likeness (QED) is 0.387. The lowest BCUT2D eigenvalue weighted by Gasteiger charge is -2.15. The highest BCUT2D eigenvalue weighted by Gasteiger charge is 2.22. The molecule has 188 valence electrons. The summed E-state index contributed by atoms with van der Waals surface area (Å²) >= 11 is 0. The van der Waals surface area contributed by atoms with Gasteiger partial charge in [-0.3, -0.25) is 9.59 Å². The van der Waals surface area contributed by atoms with E-state index in [4.69, 9.17) is 9.47 Å². The molecule has 3 aromatic carbocycles. The summed E-state index contributed by atoms with van der Waals surface area (Å²) in [6, 6.07) is 22.1. The molecule has 8 heteroatoms. The van der Waals surface area contributed by atoms with Gasteiger partial charge >= 0.3 is 0 Å². The number of nitrogens with zero attached hydrogens (tertiary/aromatic N) is 3. The van der Waals surface area contributed by atoms with Gasteiger partial charge in [0.05, 0.1) is 19.9 Å². The fraction of sp³-hybridized carbons (Fsp3) is 0.207. The predicted molar refractivity (Wildman–Crippen MR) is 142 cm³/mol. The first kappa shape index (κ1) is 24.1. The van der Waals surface area contributed by atoms with Crippen molar-refractivity contribution in [2.75, 3.05) is 32.6 Å². The maximum atomic E-state index is 13.5. The smallest absolute Gasteiger partial charge is 0.276 e. The molecule has 1 aromatic heterocycles. The number of para-hydroxylation sites is 1. The van der Waals surface area contributed by atoms with E-state index in [1.165, 1.54) is 0 Å². The van der Waals surface area contributed by atoms with Crippen LogP contribution in [0.4, 0.5) is 5.69 Å². The van der Waals surface area contributed by atoms with E-state index in [2.05, 4.69) is 10.4 Å². The molecule has 0 atom stereocenters. The first-order valence-corrected chi connectivity index (χ1v) is 12.2. The molecule has 1 aliphatic rings. The van der Waals surface area contributed by atoms with Gasteiger partial charge in [-0.15, -0.1) is 0 Å². The second kappa shape index (κ2) is 10.6. The maximum Gasteiger partial charge on any atom is 0.276 e. The summed E-state index contributed by atoms with van der Waals surface area (Å²) in [6.45, 7) is 1.53. The Morgan fingerprint density at radius 1 is 0.865 bits per heavy atom. The van der Waals surface area contributed by atoms with Crippen LogP contribution in [0.5, 0.6) is 11.5 Å². The van der Waals surface area contributed by atoms with E-state index in [0.717, 1.165) is 37.2 Å². The van der Waals surface area contributed by atoms with E-state index in [1.54, 1.807) is 49.2 Å². The number of aromatic nitrogens is 2. The molecule has 1 fully saturated rings. The molecule has 2 heterocycles. The Balaban J connectivity index is 1.49. The van der Waals surface area contributed by atoms with Gasteiger partial charge in [0, 0.05) is 36.1 Å². The lowest BCUT2D eigenvalue weighted by molar-refractivity contribution is 0.0792. The SMILES string of the molecule is COc1ccc(-c2cn(-c3ccccc3)nc2C(=O)Nc2cccc(C(=O)N3CCCC3)c2)cc1OC. The van der Waals surface area contributed by atoms with Crippen molar-refractivity contribution < 1.29 is 19.1 Å². The van der Waals surface area contributed by atoms with Gasteiger partial charge in [-0.2, -0.15) is 5.10 Å². The summed E-state index contributed by atoms with van der Waals surface area (Å²) in [7, 11) is 3.14. The van der Waals surface area contributed by atoms with Gasteiger partial charge in [0.1, 0.15) is 0 Å². The second-order valence-electron chi connectivity index (χ2n) is 8.78. The van der Waals surface area contributed by atoms with E-state index in [0.29, 0.717) is 28.3 Å². The minimum atomic E-state index is -0.384. The van der Waals surface area contributed by atoms with Gasteiger partial charge in [-0.05, 0) is 60.9 Å². The lowest BCUT2D eigenvalue weighted by atomic mass is 10.1. The zero-order valence-corrected chi connectivity index (χ0v) is 20.8. The van der Waals surface area contributed by atoms with Gasteiger partial charge in [-0.1, -0.05) is 30.3 Å². The molecule has 5 rings (SSSR count). The number of benzene rings is 3. The van der Waals surface area contributed by atoms with E-state index >= 15 is 0 Å². The van der Waals surface area contributed by atoms with Crippen LogP contribution in [0.25, 0.3) is 16.8 Å². The minimum Gasteiger partial charge on any atom is -0.493 e. The first-order chi connectivity index (χ1) is 18.1. The third kappa shape index (κ3) is 5.04. The number of nitrogens with one attached hydrogen (secondary N) is 1. The molecular formula is C29H28N4O4. The van der Waals surface area contributed by atoms with E-state index in [-0.39, 0.29) is 17.5 Å². The number of ether oxygens (including phenoxy) is 2. The average Bonchev–Trinajstić information content (AvgIpc) is 3.64. The van der Waals surface area contributed by atoms with E-state index < -0.39 is 0 Å². The summed E-state index contributed by atoms with van der Waals surface area (Å²) in [5.41, 5.74) is 3.53. The van der Waals surface area contributed by atoms with Crippen LogP contribution in [0.15, 0.2) is 79.0 Å². The number of anilines is 1. The standard InChI is InChI=1S/C29H28N4O4/c1-36-25-14-13-20(18-26(25)37-2)24-19-33(23-11-4-3-5-12-23)31-27(24)28(34)30-22-10-8-9-21(17-22)29(35)32-15-6-7-16-32/h3-5,8-14,17-19H,6-7,15-16H2,1-2H3,(H,30,34). The van der Waals surface area contributed by atoms with Gasteiger partial charge < -0.3 is 19.7 Å². The van der Waals surface area contributed by atoms with Crippen LogP contribution in [0.1, 0.15) is 33.7 Å². The predicted octanol–water partition coefficient (Wildman–Crippen LogP) is 5.04. The van der Waals surface area contributed by atoms with E-state index in [1.807, 2.05) is 53.6 Å². The van der Waals surface area contributed by atoms with Crippen LogP contribution in [0.2, 0.25) is 0 Å². The summed E-state index contributed by atoms with van der Waals surface area (Å²) in [5.74, 6) is 0.734. The number of carbonyl (C=O) groups is 2. The Labute approximate surface area is 215 Å². The average molecular weight is 497 g/mol. The Morgan fingerprint density at radius 3 is 2.35 bits per heavy atom. The van der Waals surface area contributed by atoms with Crippen LogP contribution in [-0.4, -0.2) is 53.8 Å². The third-order valence-electron chi connectivity index (χ3n) is 6.41. The Hall–Kier alpha value is -4.59. The Morgan fingerprint density at radius 2 is 1.62 bits per heavy atom. The molecular weight excluding hydrogens is 468 g/mol. The van der Waals surface area contributed by atoms with E-state index in [9.17, 15) is 9.59 Å². The number of methoxy groups -OCH3 is 2. The van der Waals surface area contributed by atoms with Crippen LogP contribution in [0.3, 0.4) is 0 Å². The number of likely N-dealkylation sites (tertiary alicyclic amines) is 1. The summed E-state index contributed by atoms with van der Waals surface area (Å²) in [5, 5.41) is 7.56. The maximum absolute atomic E-state index is 13.5.